The first-order valence-corrected chi connectivity index (χ1v) is 21.4. The van der Waals surface area contributed by atoms with Crippen molar-refractivity contribution in [1.82, 2.24) is 0 Å². The Hall–Kier alpha value is -5.04. The number of halogens is 2. The van der Waals surface area contributed by atoms with Gasteiger partial charge >= 0.3 is 0 Å². The van der Waals surface area contributed by atoms with Crippen molar-refractivity contribution in [3.63, 3.8) is 0 Å². The number of carbonyl (C=O) groups is 2. The molecule has 0 radical (unpaired) electrons. The fraction of sp³-hybridized carbons (Fsp3) is 0. The number of hydrogen-bond donors (Lipinski definition) is 8. The minimum atomic E-state index is -5.45. The lowest BCUT2D eigenvalue weighted by Crippen LogP contribution is -2.10. The molecule has 0 bridgehead atoms. The molecule has 0 aliphatic rings. The van der Waals surface area contributed by atoms with E-state index in [-0.39, 0.29) is 20.3 Å². The van der Waals surface area contributed by atoms with Crippen LogP contribution < -0.4 is 16.4 Å². The Morgan fingerprint density at radius 2 is 0.946 bits per heavy atom. The Morgan fingerprint density at radius 3 is 1.30 bits per heavy atom. The molecule has 0 aromatic heterocycles. The van der Waals surface area contributed by atoms with E-state index in [1.807, 2.05) is 0 Å². The Morgan fingerprint density at radius 1 is 0.589 bits per heavy atom. The molecule has 0 aliphatic carbocycles. The topological polar surface area (TPSA) is 371 Å². The summed E-state index contributed by atoms with van der Waals surface area (Å²) in [6.45, 7) is 6.72. The van der Waals surface area contributed by atoms with E-state index in [4.69, 9.17) is 5.73 Å². The number of nitrogens with one attached hydrogen (secondary N) is 2. The highest BCUT2D eigenvalue weighted by Crippen LogP contribution is 2.48. The SMILES string of the molecule is C=C(Br)C(=O)Nc1ccc(S(=O)(=O)O)c(N=Nc2c(S(=O)(=O)O)cc3cc(S(=O)(=O)O)c(N=Nc4cc(NC(=O)C(=C)Br)ccc4S(=O)(=O)O)c(O)c3c2N)c1. The number of nitrogens with two attached hydrogens (primary N) is 1. The van der Waals surface area contributed by atoms with Crippen LogP contribution in [0.5, 0.6) is 5.75 Å². The van der Waals surface area contributed by atoms with Gasteiger partial charge < -0.3 is 21.5 Å². The highest BCUT2D eigenvalue weighted by Gasteiger charge is 2.29. The fourth-order valence-electron chi connectivity index (χ4n) is 4.49. The summed E-state index contributed by atoms with van der Waals surface area (Å²) in [5.74, 6) is -2.92. The number of amides is 2. The van der Waals surface area contributed by atoms with Crippen LogP contribution in [0.3, 0.4) is 0 Å². The highest BCUT2D eigenvalue weighted by atomic mass is 79.9. The van der Waals surface area contributed by atoms with Crippen molar-refractivity contribution in [2.24, 2.45) is 20.5 Å². The lowest BCUT2D eigenvalue weighted by atomic mass is 10.1. The van der Waals surface area contributed by atoms with Gasteiger partial charge in [0, 0.05) is 11.4 Å². The number of aromatic hydroxyl groups is 1. The number of fused-ring (bicyclic) bond motifs is 1. The molecule has 0 spiro atoms. The summed E-state index contributed by atoms with van der Waals surface area (Å²) < 4.78 is 138. The van der Waals surface area contributed by atoms with E-state index in [1.165, 1.54) is 0 Å². The van der Waals surface area contributed by atoms with Gasteiger partial charge in [0.1, 0.15) is 42.3 Å². The number of hydrogen-bond acceptors (Lipinski definition) is 16. The van der Waals surface area contributed by atoms with E-state index in [2.05, 4.69) is 76.1 Å². The zero-order valence-corrected chi connectivity index (χ0v) is 33.5. The molecule has 0 unspecified atom stereocenters. The van der Waals surface area contributed by atoms with Gasteiger partial charge in [-0.25, -0.2) is 0 Å². The van der Waals surface area contributed by atoms with Crippen molar-refractivity contribution < 1.29 is 66.6 Å². The average molecular weight is 984 g/mol. The van der Waals surface area contributed by atoms with Gasteiger partial charge in [-0.15, -0.1) is 20.5 Å². The molecule has 4 rings (SSSR count). The maximum absolute atomic E-state index is 12.5. The Balaban J connectivity index is 2.05. The predicted octanol–water partition coefficient (Wildman–Crippen LogP) is 5.64. The van der Waals surface area contributed by atoms with Gasteiger partial charge in [0.2, 0.25) is 0 Å². The second-order valence-electron chi connectivity index (χ2n) is 10.7. The standard InChI is InChI=1S/C28H21Br2N7O15S4/c1-11(29)27(39)32-14-3-5-18(53(41,42)43)16(9-14)34-36-24-20(55(47,48)49)7-13-8-21(56(50,51)52)25(26(38)22(13)23(24)31)37-35-17-10-15(33-28(40)12(2)30)4-6-19(17)54(44,45)46/h3-10,38H,1-2,31H2,(H,32,39)(H,33,40)(H,41,42,43)(H,44,45,46)(H,47,48,49)(H,50,51,52). The Bertz CT molecular complexity index is 2740. The first kappa shape index (κ1) is 43.7. The maximum atomic E-state index is 12.5. The molecule has 0 aliphatic heterocycles. The minimum Gasteiger partial charge on any atom is -0.505 e. The normalized spacial score (nSPS) is 12.6. The lowest BCUT2D eigenvalue weighted by Gasteiger charge is -2.14. The summed E-state index contributed by atoms with van der Waals surface area (Å²) in [5.41, 5.74) is 1.19. The van der Waals surface area contributed by atoms with Crippen LogP contribution in [0.4, 0.5) is 39.8 Å². The predicted molar refractivity (Wildman–Crippen MR) is 204 cm³/mol. The molecule has 0 saturated heterocycles. The Kier molecular flexibility index (Phi) is 12.4. The van der Waals surface area contributed by atoms with Crippen LogP contribution in [0.25, 0.3) is 10.8 Å². The molecule has 4 aromatic rings. The zero-order valence-electron chi connectivity index (χ0n) is 27.1. The first-order chi connectivity index (χ1) is 25.6. The number of azo groups is 2. The molecular formula is C28H21Br2N7O15S4. The summed E-state index contributed by atoms with van der Waals surface area (Å²) in [6, 6.07) is 6.30. The maximum Gasteiger partial charge on any atom is 0.296 e. The number of benzene rings is 4. The third kappa shape index (κ3) is 9.84. The molecule has 0 atom stereocenters. The van der Waals surface area contributed by atoms with Gasteiger partial charge in [-0.3, -0.25) is 27.8 Å². The summed E-state index contributed by atoms with van der Waals surface area (Å²) >= 11 is 5.68. The molecule has 22 nitrogen and oxygen atoms in total. The smallest absolute Gasteiger partial charge is 0.296 e. The van der Waals surface area contributed by atoms with Crippen LogP contribution in [0, 0.1) is 0 Å². The average Bonchev–Trinajstić information content (AvgIpc) is 3.05. The number of rotatable bonds is 12. The molecule has 2 amide bonds. The summed E-state index contributed by atoms with van der Waals surface area (Å²) in [4.78, 5) is 19.8. The van der Waals surface area contributed by atoms with Crippen LogP contribution >= 0.6 is 31.9 Å². The van der Waals surface area contributed by atoms with Gasteiger partial charge in [0.15, 0.2) is 5.75 Å². The van der Waals surface area contributed by atoms with Crippen molar-refractivity contribution in [1.29, 1.82) is 0 Å². The van der Waals surface area contributed by atoms with Crippen LogP contribution in [-0.4, -0.2) is 68.8 Å². The molecule has 4 aromatic carbocycles. The van der Waals surface area contributed by atoms with Gasteiger partial charge in [-0.2, -0.15) is 33.7 Å². The second kappa shape index (κ2) is 15.8. The molecule has 0 fully saturated rings. The summed E-state index contributed by atoms with van der Waals surface area (Å²) in [5, 5.41) is 28.9. The number of anilines is 3. The van der Waals surface area contributed by atoms with E-state index >= 15 is 0 Å². The third-order valence-corrected chi connectivity index (χ3v) is 11.1. The number of phenolic OH excluding ortho intramolecular Hbond substituents is 1. The zero-order chi connectivity index (χ0) is 42.3. The van der Waals surface area contributed by atoms with E-state index in [0.717, 1.165) is 36.4 Å². The molecule has 56 heavy (non-hydrogen) atoms. The third-order valence-electron chi connectivity index (χ3n) is 6.87. The fourth-order valence-corrected chi connectivity index (χ4v) is 7.23. The van der Waals surface area contributed by atoms with Gasteiger partial charge in [-0.1, -0.05) is 13.2 Å². The van der Waals surface area contributed by atoms with E-state index in [9.17, 15) is 66.6 Å². The molecule has 9 N–H and O–H groups in total. The number of nitrogens with zero attached hydrogens (tertiary/aromatic N) is 4. The van der Waals surface area contributed by atoms with E-state index in [0.29, 0.717) is 12.1 Å². The monoisotopic (exact) mass is 981 g/mol. The van der Waals surface area contributed by atoms with Crippen LogP contribution in [0.15, 0.2) is 111 Å². The summed E-state index contributed by atoms with van der Waals surface area (Å²) in [6.07, 6.45) is 0. The van der Waals surface area contributed by atoms with E-state index in [1.54, 1.807) is 0 Å². The lowest BCUT2D eigenvalue weighted by molar-refractivity contribution is -0.112. The van der Waals surface area contributed by atoms with Crippen molar-refractivity contribution in [3.05, 3.63) is 70.7 Å². The molecule has 0 saturated carbocycles. The Labute approximate surface area is 332 Å². The largest absolute Gasteiger partial charge is 0.505 e. The van der Waals surface area contributed by atoms with Crippen LogP contribution in [-0.2, 0) is 50.1 Å². The quantitative estimate of drug-likeness (QED) is 0.0368. The molecular weight excluding hydrogens is 962 g/mol. The van der Waals surface area contributed by atoms with Crippen LogP contribution in [0.1, 0.15) is 0 Å². The van der Waals surface area contributed by atoms with Gasteiger partial charge in [0.25, 0.3) is 52.3 Å². The van der Waals surface area contributed by atoms with Crippen molar-refractivity contribution in [2.75, 3.05) is 16.4 Å². The van der Waals surface area contributed by atoms with E-state index < -0.39 is 117 Å². The van der Waals surface area contributed by atoms with Crippen molar-refractivity contribution in [3.8, 4) is 5.75 Å². The van der Waals surface area contributed by atoms with Gasteiger partial charge in [-0.05, 0) is 85.8 Å². The van der Waals surface area contributed by atoms with Crippen LogP contribution in [0.2, 0.25) is 0 Å². The van der Waals surface area contributed by atoms with Crippen molar-refractivity contribution >= 4 is 135 Å². The summed E-state index contributed by atoms with van der Waals surface area (Å²) in [7, 11) is -21.0. The molecule has 296 valence electrons. The number of nitrogen functional groups attached to an aromatic ring is 1. The minimum absolute atomic E-state index is 0.150. The number of carbonyl (C=O) groups excluding carboxylic acids is 2. The van der Waals surface area contributed by atoms with Gasteiger partial charge in [0.05, 0.1) is 20.0 Å². The number of phenols is 1. The highest BCUT2D eigenvalue weighted by molar-refractivity contribution is 9.12. The van der Waals surface area contributed by atoms with Crippen molar-refractivity contribution in [2.45, 2.75) is 19.6 Å². The first-order valence-electron chi connectivity index (χ1n) is 14.1. The second-order valence-corrected chi connectivity index (χ2v) is 18.2. The molecule has 0 heterocycles. The molecule has 28 heteroatoms.